The van der Waals surface area contributed by atoms with Crippen molar-refractivity contribution in [1.29, 1.82) is 0 Å². The Labute approximate surface area is 327 Å². The second kappa shape index (κ2) is 38.7. The van der Waals surface area contributed by atoms with E-state index in [1.54, 1.807) is 12.2 Å². The normalized spacial score (nSPS) is 14.7. The van der Waals surface area contributed by atoms with Crippen molar-refractivity contribution in [2.45, 2.75) is 161 Å². The highest BCUT2D eigenvalue weighted by molar-refractivity contribution is 7.47. The van der Waals surface area contributed by atoms with E-state index in [-0.39, 0.29) is 32.6 Å². The number of phosphoric ester groups is 1. The number of aliphatic hydroxyl groups is 1. The molecular weight excluding hydrogens is 705 g/mol. The van der Waals surface area contributed by atoms with Crippen LogP contribution in [0.3, 0.4) is 0 Å². The molecule has 0 aromatic rings. The number of rotatable bonds is 37. The Balaban J connectivity index is 4.42. The summed E-state index contributed by atoms with van der Waals surface area (Å²) in [5, 5.41) is 10.1. The van der Waals surface area contributed by atoms with Crippen molar-refractivity contribution in [3.8, 4) is 0 Å². The smallest absolute Gasteiger partial charge is 0.462 e. The number of carbonyl (C=O) groups excluding carboxylic acids is 2. The summed E-state index contributed by atoms with van der Waals surface area (Å²) in [6, 6.07) is 0. The molecule has 11 heteroatoms. The lowest BCUT2D eigenvalue weighted by molar-refractivity contribution is -0.161. The van der Waals surface area contributed by atoms with Gasteiger partial charge < -0.3 is 25.2 Å². The number of esters is 2. The van der Waals surface area contributed by atoms with Crippen LogP contribution in [0.1, 0.15) is 149 Å². The Kier molecular flexibility index (Phi) is 36.8. The van der Waals surface area contributed by atoms with E-state index in [4.69, 9.17) is 24.3 Å². The Morgan fingerprint density at radius 3 is 1.83 bits per heavy atom. The van der Waals surface area contributed by atoms with E-state index < -0.39 is 38.6 Å². The van der Waals surface area contributed by atoms with Gasteiger partial charge in [-0.1, -0.05) is 132 Å². The predicted octanol–water partition coefficient (Wildman–Crippen LogP) is 10.5. The van der Waals surface area contributed by atoms with Gasteiger partial charge in [-0.05, 0) is 77.0 Å². The molecule has 54 heavy (non-hydrogen) atoms. The Morgan fingerprint density at radius 2 is 1.20 bits per heavy atom. The molecule has 10 nitrogen and oxygen atoms in total. The molecule has 0 aliphatic carbocycles. The molecule has 4 N–H and O–H groups in total. The summed E-state index contributed by atoms with van der Waals surface area (Å²) < 4.78 is 32.6. The zero-order chi connectivity index (χ0) is 39.8. The third-order valence-corrected chi connectivity index (χ3v) is 9.13. The average Bonchev–Trinajstić information content (AvgIpc) is 3.15. The first kappa shape index (κ1) is 51.4. The summed E-state index contributed by atoms with van der Waals surface area (Å²) in [6.45, 7) is 3.46. The number of hydrogen-bond donors (Lipinski definition) is 3. The molecule has 3 atom stereocenters. The van der Waals surface area contributed by atoms with Crippen molar-refractivity contribution in [2.75, 3.05) is 26.4 Å². The van der Waals surface area contributed by atoms with Crippen molar-refractivity contribution in [2.24, 2.45) is 5.73 Å². The average molecular weight is 780 g/mol. The number of allylic oxidation sites excluding steroid dienone is 10. The summed E-state index contributed by atoms with van der Waals surface area (Å²) in [4.78, 5) is 34.8. The third-order valence-electron chi connectivity index (χ3n) is 8.15. The van der Waals surface area contributed by atoms with Gasteiger partial charge in [-0.3, -0.25) is 18.6 Å². The first-order valence-electron chi connectivity index (χ1n) is 20.5. The zero-order valence-corrected chi connectivity index (χ0v) is 34.4. The third kappa shape index (κ3) is 37.7. The van der Waals surface area contributed by atoms with E-state index in [1.165, 1.54) is 38.5 Å². The fourth-order valence-corrected chi connectivity index (χ4v) is 5.79. The molecule has 0 amide bonds. The molecule has 0 saturated carbocycles. The number of ether oxygens (including phenoxy) is 2. The van der Waals surface area contributed by atoms with Gasteiger partial charge in [-0.25, -0.2) is 4.57 Å². The number of carbonyl (C=O) groups is 2. The summed E-state index contributed by atoms with van der Waals surface area (Å²) >= 11 is 0. The largest absolute Gasteiger partial charge is 0.472 e. The van der Waals surface area contributed by atoms with E-state index in [9.17, 15) is 24.2 Å². The fraction of sp³-hybridized carbons (Fsp3) is 0.674. The number of hydrogen-bond acceptors (Lipinski definition) is 9. The second-order valence-corrected chi connectivity index (χ2v) is 14.8. The lowest BCUT2D eigenvalue weighted by Crippen LogP contribution is -2.29. The summed E-state index contributed by atoms with van der Waals surface area (Å²) in [7, 11) is -4.42. The first-order valence-corrected chi connectivity index (χ1v) is 22.0. The molecule has 0 aromatic heterocycles. The quantitative estimate of drug-likeness (QED) is 0.0182. The van der Waals surface area contributed by atoms with Crippen molar-refractivity contribution >= 4 is 19.8 Å². The number of unbranched alkanes of at least 4 members (excludes halogenated alkanes) is 12. The van der Waals surface area contributed by atoms with E-state index in [0.717, 1.165) is 57.8 Å². The minimum atomic E-state index is -4.42. The number of nitrogens with two attached hydrogens (primary N) is 1. The van der Waals surface area contributed by atoms with Crippen LogP contribution >= 0.6 is 7.82 Å². The highest BCUT2D eigenvalue weighted by atomic mass is 31.2. The van der Waals surface area contributed by atoms with E-state index >= 15 is 0 Å². The molecule has 0 aliphatic rings. The molecular formula is C43H74NO9P. The SMILES string of the molecule is CCCCC/C=C\C/C=C\CCCCCCCC(=O)OC[C@H](COP(=O)(O)OCCN)OC(=O)CCC/C=C/C=C\C(O)C/C=C\C/C=C\CCCCC. The molecule has 0 heterocycles. The summed E-state index contributed by atoms with van der Waals surface area (Å²) in [6.07, 6.45) is 42.4. The number of phosphoric acid groups is 1. The molecule has 0 spiro atoms. The van der Waals surface area contributed by atoms with Crippen molar-refractivity contribution < 1.29 is 42.7 Å². The lowest BCUT2D eigenvalue weighted by Gasteiger charge is -2.19. The maximum absolute atomic E-state index is 12.5. The van der Waals surface area contributed by atoms with Crippen LogP contribution < -0.4 is 5.73 Å². The lowest BCUT2D eigenvalue weighted by atomic mass is 10.1. The Bertz CT molecular complexity index is 1130. The van der Waals surface area contributed by atoms with Gasteiger partial charge in [-0.15, -0.1) is 0 Å². The van der Waals surface area contributed by atoms with Crippen LogP contribution in [-0.2, 0) is 32.7 Å². The highest BCUT2D eigenvalue weighted by Crippen LogP contribution is 2.43. The van der Waals surface area contributed by atoms with Crippen molar-refractivity contribution in [3.05, 3.63) is 72.9 Å². The molecule has 0 aliphatic heterocycles. The monoisotopic (exact) mass is 780 g/mol. The molecule has 0 rings (SSSR count). The van der Waals surface area contributed by atoms with Crippen LogP contribution in [0.4, 0.5) is 0 Å². The van der Waals surface area contributed by atoms with Crippen molar-refractivity contribution in [1.82, 2.24) is 0 Å². The van der Waals surface area contributed by atoms with Gasteiger partial charge in [0.05, 0.1) is 19.3 Å². The minimum absolute atomic E-state index is 0.0254. The predicted molar refractivity (Wildman–Crippen MR) is 221 cm³/mol. The van der Waals surface area contributed by atoms with E-state index in [0.29, 0.717) is 25.7 Å². The van der Waals surface area contributed by atoms with Crippen LogP contribution in [0.15, 0.2) is 72.9 Å². The summed E-state index contributed by atoms with van der Waals surface area (Å²) in [5.74, 6) is -0.982. The van der Waals surface area contributed by atoms with Crippen LogP contribution in [0, 0.1) is 0 Å². The fourth-order valence-electron chi connectivity index (χ4n) is 5.03. The molecule has 0 saturated heterocycles. The molecule has 0 aromatic carbocycles. The van der Waals surface area contributed by atoms with Gasteiger partial charge in [0.1, 0.15) is 6.61 Å². The standard InChI is InChI=1S/C43H74NO9P/c1-3-5-7-9-11-13-14-15-16-17-18-20-22-26-30-34-42(46)50-38-41(39-52-54(48,49)51-37-36-44)53-43(47)35-31-27-23-25-29-33-40(45)32-28-24-21-19-12-10-8-6-4-2/h11-13,15-16,19,23-25,28-29,33,40-41,45H,3-10,14,17-18,20-22,26-27,30-32,34-39,44H2,1-2H3,(H,48,49)/b13-11-,16-15-,19-12-,25-23+,28-24-,33-29-/t40?,41-/m1/s1. The molecule has 0 fully saturated rings. The molecule has 2 unspecified atom stereocenters. The van der Waals surface area contributed by atoms with Gasteiger partial charge in [0, 0.05) is 19.4 Å². The van der Waals surface area contributed by atoms with E-state index in [2.05, 4.69) is 56.4 Å². The maximum Gasteiger partial charge on any atom is 0.472 e. The number of aliphatic hydroxyl groups excluding tert-OH is 1. The van der Waals surface area contributed by atoms with Crippen LogP contribution in [0.5, 0.6) is 0 Å². The van der Waals surface area contributed by atoms with Crippen LogP contribution in [-0.4, -0.2) is 60.5 Å². The van der Waals surface area contributed by atoms with Crippen molar-refractivity contribution in [3.63, 3.8) is 0 Å². The van der Waals surface area contributed by atoms with Gasteiger partial charge >= 0.3 is 19.8 Å². The van der Waals surface area contributed by atoms with E-state index in [1.807, 2.05) is 18.2 Å². The topological polar surface area (TPSA) is 155 Å². The molecule has 0 bridgehead atoms. The zero-order valence-electron chi connectivity index (χ0n) is 33.5. The Morgan fingerprint density at radius 1 is 0.648 bits per heavy atom. The first-order chi connectivity index (χ1) is 26.2. The second-order valence-electron chi connectivity index (χ2n) is 13.3. The highest BCUT2D eigenvalue weighted by Gasteiger charge is 2.25. The minimum Gasteiger partial charge on any atom is -0.462 e. The van der Waals surface area contributed by atoms with Gasteiger partial charge in [0.25, 0.3) is 0 Å². The summed E-state index contributed by atoms with van der Waals surface area (Å²) in [5.41, 5.74) is 5.33. The van der Waals surface area contributed by atoms with Gasteiger partial charge in [0.2, 0.25) is 0 Å². The maximum atomic E-state index is 12.5. The Hall–Kier alpha value is -2.59. The molecule has 0 radical (unpaired) electrons. The molecule has 310 valence electrons. The van der Waals surface area contributed by atoms with Gasteiger partial charge in [-0.2, -0.15) is 0 Å². The van der Waals surface area contributed by atoms with Crippen LogP contribution in [0.25, 0.3) is 0 Å². The van der Waals surface area contributed by atoms with Gasteiger partial charge in [0.15, 0.2) is 6.10 Å². The van der Waals surface area contributed by atoms with Crippen LogP contribution in [0.2, 0.25) is 0 Å².